The Morgan fingerprint density at radius 3 is 2.24 bits per heavy atom. The standard InChI is InChI=1S/C26H18FN3O3/c27-17-12-10-15(11-13-17)24(31)23-21-20(22-19-9-5-4-6-16(19)14-28-30(22)23)25(32)29(26(21)33)18-7-2-1-3-8-18/h1-14,20-23H/t20-,21+,22+,23-/m0/s1. The highest BCUT2D eigenvalue weighted by Crippen LogP contribution is 2.53. The van der Waals surface area contributed by atoms with Crippen LogP contribution in [-0.4, -0.2) is 34.9 Å². The van der Waals surface area contributed by atoms with Gasteiger partial charge in [0.05, 0.1) is 29.8 Å². The first kappa shape index (κ1) is 19.5. The molecular formula is C26H18FN3O3. The molecule has 2 saturated heterocycles. The van der Waals surface area contributed by atoms with Crippen molar-refractivity contribution in [3.8, 4) is 0 Å². The van der Waals surface area contributed by atoms with Crippen molar-refractivity contribution >= 4 is 29.5 Å². The maximum absolute atomic E-state index is 13.7. The fourth-order valence-electron chi connectivity index (χ4n) is 5.28. The minimum absolute atomic E-state index is 0.272. The van der Waals surface area contributed by atoms with Gasteiger partial charge in [-0.05, 0) is 47.5 Å². The molecule has 4 atom stereocenters. The SMILES string of the molecule is O=C(c1ccc(F)cc1)[C@@H]1[C@@H]2C(=O)N(c3ccccc3)C(=O)[C@@H]2[C@H]2c3ccccc3C=NN12. The topological polar surface area (TPSA) is 70.0 Å². The second kappa shape index (κ2) is 7.20. The van der Waals surface area contributed by atoms with Crippen molar-refractivity contribution in [2.24, 2.45) is 16.9 Å². The zero-order chi connectivity index (χ0) is 22.7. The zero-order valence-electron chi connectivity index (χ0n) is 17.3. The number of amides is 2. The van der Waals surface area contributed by atoms with Crippen molar-refractivity contribution in [2.45, 2.75) is 12.1 Å². The van der Waals surface area contributed by atoms with Crippen LogP contribution in [0.4, 0.5) is 10.1 Å². The Labute approximate surface area is 188 Å². The summed E-state index contributed by atoms with van der Waals surface area (Å²) in [5, 5.41) is 6.12. The maximum Gasteiger partial charge on any atom is 0.240 e. The molecule has 162 valence electrons. The molecule has 0 spiro atoms. The van der Waals surface area contributed by atoms with Crippen molar-refractivity contribution in [1.82, 2.24) is 5.01 Å². The second-order valence-electron chi connectivity index (χ2n) is 8.41. The number of rotatable bonds is 3. The molecule has 3 aliphatic rings. The summed E-state index contributed by atoms with van der Waals surface area (Å²) in [5.41, 5.74) is 2.46. The molecule has 2 fully saturated rings. The van der Waals surface area contributed by atoms with Gasteiger partial charge in [0.25, 0.3) is 0 Å². The quantitative estimate of drug-likeness (QED) is 0.462. The number of Topliss-reactive ketones (excluding diaryl/α,β-unsaturated/α-hetero) is 1. The van der Waals surface area contributed by atoms with Crippen LogP contribution in [0.5, 0.6) is 0 Å². The largest absolute Gasteiger partial charge is 0.292 e. The summed E-state index contributed by atoms with van der Waals surface area (Å²) < 4.78 is 13.5. The molecule has 33 heavy (non-hydrogen) atoms. The Bertz CT molecular complexity index is 1320. The molecule has 0 saturated carbocycles. The van der Waals surface area contributed by atoms with Crippen LogP contribution in [0.3, 0.4) is 0 Å². The van der Waals surface area contributed by atoms with Gasteiger partial charge in [-0.15, -0.1) is 0 Å². The number of para-hydroxylation sites is 1. The molecule has 0 aliphatic carbocycles. The molecule has 0 aromatic heterocycles. The minimum atomic E-state index is -0.972. The Hall–Kier alpha value is -4.13. The van der Waals surface area contributed by atoms with Crippen molar-refractivity contribution in [3.63, 3.8) is 0 Å². The van der Waals surface area contributed by atoms with Gasteiger partial charge in [0, 0.05) is 5.56 Å². The van der Waals surface area contributed by atoms with E-state index >= 15 is 0 Å². The number of carbonyl (C=O) groups excluding carboxylic acids is 3. The Balaban J connectivity index is 1.50. The second-order valence-corrected chi connectivity index (χ2v) is 8.41. The van der Waals surface area contributed by atoms with E-state index in [1.807, 2.05) is 30.3 Å². The third kappa shape index (κ3) is 2.78. The van der Waals surface area contributed by atoms with E-state index in [0.29, 0.717) is 5.69 Å². The van der Waals surface area contributed by atoms with Crippen LogP contribution in [0, 0.1) is 17.7 Å². The van der Waals surface area contributed by atoms with Gasteiger partial charge < -0.3 is 0 Å². The van der Waals surface area contributed by atoms with Gasteiger partial charge in [0.15, 0.2) is 5.78 Å². The number of nitrogens with zero attached hydrogens (tertiary/aromatic N) is 3. The van der Waals surface area contributed by atoms with Crippen molar-refractivity contribution in [2.75, 3.05) is 4.90 Å². The van der Waals surface area contributed by atoms with Crippen molar-refractivity contribution in [1.29, 1.82) is 0 Å². The molecule has 6 rings (SSSR count). The van der Waals surface area contributed by atoms with E-state index in [1.54, 1.807) is 35.5 Å². The van der Waals surface area contributed by atoms with Gasteiger partial charge in [-0.1, -0.05) is 42.5 Å². The summed E-state index contributed by atoms with van der Waals surface area (Å²) in [7, 11) is 0. The van der Waals surface area contributed by atoms with E-state index in [9.17, 15) is 18.8 Å². The lowest BCUT2D eigenvalue weighted by Gasteiger charge is -2.33. The van der Waals surface area contributed by atoms with Crippen LogP contribution in [0.25, 0.3) is 0 Å². The molecule has 2 amide bonds. The molecule has 7 heteroatoms. The highest BCUT2D eigenvalue weighted by molar-refractivity contribution is 6.24. The number of hydrogen-bond donors (Lipinski definition) is 0. The lowest BCUT2D eigenvalue weighted by molar-refractivity contribution is -0.124. The fraction of sp³-hybridized carbons (Fsp3) is 0.154. The highest BCUT2D eigenvalue weighted by Gasteiger charge is 2.65. The van der Waals surface area contributed by atoms with Crippen molar-refractivity contribution < 1.29 is 18.8 Å². The predicted molar refractivity (Wildman–Crippen MR) is 119 cm³/mol. The molecule has 3 aliphatic heterocycles. The van der Waals surface area contributed by atoms with Crippen LogP contribution in [-0.2, 0) is 9.59 Å². The van der Waals surface area contributed by atoms with Crippen LogP contribution < -0.4 is 4.90 Å². The average Bonchev–Trinajstić information content (AvgIpc) is 3.32. The number of benzene rings is 3. The third-order valence-electron chi connectivity index (χ3n) is 6.70. The third-order valence-corrected chi connectivity index (χ3v) is 6.70. The summed E-state index contributed by atoms with van der Waals surface area (Å²) in [4.78, 5) is 42.2. The smallest absolute Gasteiger partial charge is 0.240 e. The van der Waals surface area contributed by atoms with Gasteiger partial charge in [0.2, 0.25) is 11.8 Å². The van der Waals surface area contributed by atoms with E-state index in [0.717, 1.165) is 11.1 Å². The molecule has 0 unspecified atom stereocenters. The first-order valence-electron chi connectivity index (χ1n) is 10.7. The fourth-order valence-corrected chi connectivity index (χ4v) is 5.28. The first-order valence-corrected chi connectivity index (χ1v) is 10.7. The molecule has 6 nitrogen and oxygen atoms in total. The molecule has 0 bridgehead atoms. The summed E-state index contributed by atoms with van der Waals surface area (Å²) in [6.45, 7) is 0. The van der Waals surface area contributed by atoms with Crippen LogP contribution >= 0.6 is 0 Å². The van der Waals surface area contributed by atoms with Gasteiger partial charge >= 0.3 is 0 Å². The summed E-state index contributed by atoms with van der Waals surface area (Å²) in [5.74, 6) is -3.23. The van der Waals surface area contributed by atoms with Crippen molar-refractivity contribution in [3.05, 3.63) is 101 Å². The van der Waals surface area contributed by atoms with E-state index in [4.69, 9.17) is 0 Å². The molecule has 0 N–H and O–H groups in total. The van der Waals surface area contributed by atoms with Crippen LogP contribution in [0.15, 0.2) is 84.0 Å². The van der Waals surface area contributed by atoms with Gasteiger partial charge in [-0.25, -0.2) is 9.29 Å². The van der Waals surface area contributed by atoms with E-state index < -0.39 is 35.6 Å². The number of anilines is 1. The lowest BCUT2D eigenvalue weighted by Crippen LogP contribution is -2.44. The molecule has 3 aromatic carbocycles. The monoisotopic (exact) mass is 439 g/mol. The average molecular weight is 439 g/mol. The number of carbonyl (C=O) groups is 3. The Kier molecular flexibility index (Phi) is 4.26. The summed E-state index contributed by atoms with van der Waals surface area (Å²) >= 11 is 0. The van der Waals surface area contributed by atoms with Crippen LogP contribution in [0.2, 0.25) is 0 Å². The number of ketones is 1. The number of fused-ring (bicyclic) bond motifs is 5. The number of hydrogen-bond acceptors (Lipinski definition) is 5. The van der Waals surface area contributed by atoms with Gasteiger partial charge in [-0.2, -0.15) is 5.10 Å². The van der Waals surface area contributed by atoms with Crippen LogP contribution in [0.1, 0.15) is 27.5 Å². The number of imide groups is 1. The number of hydrazone groups is 1. The molecular weight excluding hydrogens is 421 g/mol. The summed E-state index contributed by atoms with van der Waals surface area (Å²) in [6.07, 6.45) is 1.65. The first-order chi connectivity index (χ1) is 16.1. The summed E-state index contributed by atoms with van der Waals surface area (Å²) in [6, 6.07) is 20.0. The number of halogens is 1. The highest BCUT2D eigenvalue weighted by atomic mass is 19.1. The van der Waals surface area contributed by atoms with Gasteiger partial charge in [0.1, 0.15) is 11.9 Å². The minimum Gasteiger partial charge on any atom is -0.292 e. The van der Waals surface area contributed by atoms with E-state index in [-0.39, 0.29) is 17.3 Å². The van der Waals surface area contributed by atoms with E-state index in [1.165, 1.54) is 29.2 Å². The Morgan fingerprint density at radius 1 is 0.818 bits per heavy atom. The Morgan fingerprint density at radius 2 is 1.48 bits per heavy atom. The molecule has 0 radical (unpaired) electrons. The molecule has 3 aromatic rings. The normalized spacial score (nSPS) is 25.1. The lowest BCUT2D eigenvalue weighted by atomic mass is 9.83. The van der Waals surface area contributed by atoms with Gasteiger partial charge in [-0.3, -0.25) is 19.4 Å². The van der Waals surface area contributed by atoms with E-state index in [2.05, 4.69) is 5.10 Å². The zero-order valence-corrected chi connectivity index (χ0v) is 17.3. The molecule has 3 heterocycles. The predicted octanol–water partition coefficient (Wildman–Crippen LogP) is 3.59. The maximum atomic E-state index is 13.7.